The fraction of sp³-hybridized carbons (Fsp3) is 0.429. The van der Waals surface area contributed by atoms with Crippen LogP contribution in [0.5, 0.6) is 0 Å². The van der Waals surface area contributed by atoms with Gasteiger partial charge < -0.3 is 24.0 Å². The molecule has 0 radical (unpaired) electrons. The average Bonchev–Trinajstić information content (AvgIpc) is 2.62. The standard InChI is InChI=1S/C14H17N2O.HI/c1-15-13-9-3-2-6-10-16(13)12-8-5-4-7-11(12)14(15)17;/h4-5,7-8H,2-3,6,9-10H2,1H3;1H/q+1;/p-1. The number of halogens is 1. The van der Waals surface area contributed by atoms with Gasteiger partial charge in [-0.25, -0.2) is 9.36 Å². The fourth-order valence-electron chi connectivity index (χ4n) is 2.79. The molecule has 96 valence electrons. The van der Waals surface area contributed by atoms with Gasteiger partial charge in [0.2, 0.25) is 0 Å². The van der Waals surface area contributed by atoms with Gasteiger partial charge in [0, 0.05) is 6.42 Å². The first-order chi connectivity index (χ1) is 8.29. The Hall–Kier alpha value is -0.910. The molecule has 0 N–H and O–H groups in total. The summed E-state index contributed by atoms with van der Waals surface area (Å²) < 4.78 is 4.15. The normalized spacial score (nSPS) is 14.7. The van der Waals surface area contributed by atoms with Crippen LogP contribution in [0.25, 0.3) is 10.9 Å². The summed E-state index contributed by atoms with van der Waals surface area (Å²) in [6, 6.07) is 7.94. The number of aryl methyl sites for hydroxylation is 1. The first-order valence-electron chi connectivity index (χ1n) is 6.29. The van der Waals surface area contributed by atoms with E-state index < -0.39 is 0 Å². The Bertz CT molecular complexity index is 633. The predicted molar refractivity (Wildman–Crippen MR) is 66.9 cm³/mol. The SMILES string of the molecule is Cn1c2[n+](c3ccccc3c1=O)CCCCC2.[I-]. The van der Waals surface area contributed by atoms with Crippen molar-refractivity contribution in [1.29, 1.82) is 0 Å². The number of para-hydroxylation sites is 1. The summed E-state index contributed by atoms with van der Waals surface area (Å²) in [7, 11) is 1.89. The zero-order chi connectivity index (χ0) is 11.8. The van der Waals surface area contributed by atoms with Gasteiger partial charge in [0.1, 0.15) is 10.9 Å². The third kappa shape index (κ3) is 2.06. The molecule has 1 aliphatic heterocycles. The maximum absolute atomic E-state index is 12.3. The fourth-order valence-corrected chi connectivity index (χ4v) is 2.79. The summed E-state index contributed by atoms with van der Waals surface area (Å²) in [6.45, 7) is 1.03. The van der Waals surface area contributed by atoms with Gasteiger partial charge >= 0.3 is 5.56 Å². The van der Waals surface area contributed by atoms with Gasteiger partial charge in [-0.1, -0.05) is 12.1 Å². The van der Waals surface area contributed by atoms with E-state index in [4.69, 9.17) is 0 Å². The third-order valence-corrected chi connectivity index (χ3v) is 3.71. The molecule has 1 aromatic carbocycles. The van der Waals surface area contributed by atoms with E-state index in [1.54, 1.807) is 0 Å². The third-order valence-electron chi connectivity index (χ3n) is 3.71. The molecule has 0 spiro atoms. The molecule has 1 aliphatic rings. The highest BCUT2D eigenvalue weighted by Gasteiger charge is 2.22. The van der Waals surface area contributed by atoms with Crippen molar-refractivity contribution in [3.05, 3.63) is 40.4 Å². The van der Waals surface area contributed by atoms with Crippen LogP contribution in [0, 0.1) is 0 Å². The van der Waals surface area contributed by atoms with Crippen molar-refractivity contribution in [1.82, 2.24) is 4.57 Å². The zero-order valence-corrected chi connectivity index (χ0v) is 12.7. The van der Waals surface area contributed by atoms with Gasteiger partial charge in [-0.2, -0.15) is 4.57 Å². The number of aromatic nitrogens is 2. The quantitative estimate of drug-likeness (QED) is 0.419. The van der Waals surface area contributed by atoms with Crippen molar-refractivity contribution >= 4 is 10.9 Å². The van der Waals surface area contributed by atoms with Crippen LogP contribution in [0.1, 0.15) is 25.1 Å². The van der Waals surface area contributed by atoms with Gasteiger partial charge in [0.05, 0.1) is 13.6 Å². The summed E-state index contributed by atoms with van der Waals surface area (Å²) in [5.74, 6) is 1.17. The van der Waals surface area contributed by atoms with E-state index in [9.17, 15) is 4.79 Å². The molecule has 0 fully saturated rings. The van der Waals surface area contributed by atoms with Gasteiger partial charge in [0.15, 0.2) is 0 Å². The number of benzene rings is 1. The monoisotopic (exact) mass is 356 g/mol. The Morgan fingerprint density at radius 2 is 1.94 bits per heavy atom. The minimum atomic E-state index is 0. The van der Waals surface area contributed by atoms with Gasteiger partial charge in [0.25, 0.3) is 5.82 Å². The van der Waals surface area contributed by atoms with Crippen molar-refractivity contribution in [2.24, 2.45) is 7.05 Å². The highest BCUT2D eigenvalue weighted by molar-refractivity contribution is 5.74. The van der Waals surface area contributed by atoms with Crippen LogP contribution in [0.4, 0.5) is 0 Å². The second-order valence-electron chi connectivity index (χ2n) is 4.76. The Morgan fingerprint density at radius 3 is 2.78 bits per heavy atom. The highest BCUT2D eigenvalue weighted by Crippen LogP contribution is 2.12. The van der Waals surface area contributed by atoms with Gasteiger partial charge in [-0.3, -0.25) is 0 Å². The first kappa shape index (κ1) is 13.5. The highest BCUT2D eigenvalue weighted by atomic mass is 127. The lowest BCUT2D eigenvalue weighted by molar-refractivity contribution is -0.682. The number of nitrogens with zero attached hydrogens (tertiary/aromatic N) is 2. The average molecular weight is 356 g/mol. The van der Waals surface area contributed by atoms with Crippen molar-refractivity contribution in [2.45, 2.75) is 32.2 Å². The van der Waals surface area contributed by atoms with Crippen LogP contribution in [0.2, 0.25) is 0 Å². The van der Waals surface area contributed by atoms with Crippen molar-refractivity contribution < 1.29 is 28.5 Å². The topological polar surface area (TPSA) is 25.9 Å². The van der Waals surface area contributed by atoms with E-state index in [0.29, 0.717) is 0 Å². The molecule has 2 heterocycles. The Labute approximate surface area is 123 Å². The van der Waals surface area contributed by atoms with Crippen LogP contribution < -0.4 is 34.1 Å². The van der Waals surface area contributed by atoms with Crippen LogP contribution in [0.3, 0.4) is 0 Å². The van der Waals surface area contributed by atoms with Gasteiger partial charge in [-0.05, 0) is 31.4 Å². The van der Waals surface area contributed by atoms with E-state index in [2.05, 4.69) is 10.6 Å². The lowest BCUT2D eigenvalue weighted by Gasteiger charge is -2.08. The lowest BCUT2D eigenvalue weighted by atomic mass is 10.2. The number of hydrogen-bond donors (Lipinski definition) is 0. The summed E-state index contributed by atoms with van der Waals surface area (Å²) in [4.78, 5) is 12.3. The number of rotatable bonds is 0. The van der Waals surface area contributed by atoms with Crippen molar-refractivity contribution in [3.63, 3.8) is 0 Å². The molecule has 3 nitrogen and oxygen atoms in total. The molecule has 0 saturated heterocycles. The summed E-state index contributed by atoms with van der Waals surface area (Å²) >= 11 is 0. The first-order valence-corrected chi connectivity index (χ1v) is 6.29. The zero-order valence-electron chi connectivity index (χ0n) is 10.5. The molecule has 1 aromatic heterocycles. The van der Waals surface area contributed by atoms with E-state index in [1.807, 2.05) is 29.8 Å². The Morgan fingerprint density at radius 1 is 1.17 bits per heavy atom. The maximum atomic E-state index is 12.3. The maximum Gasteiger partial charge on any atom is 0.345 e. The van der Waals surface area contributed by atoms with Crippen LogP contribution in [-0.2, 0) is 20.0 Å². The van der Waals surface area contributed by atoms with Crippen LogP contribution >= 0.6 is 0 Å². The summed E-state index contributed by atoms with van der Waals surface area (Å²) in [5, 5.41) is 0.834. The molecule has 0 amide bonds. The predicted octanol–water partition coefficient (Wildman–Crippen LogP) is -1.44. The Balaban J connectivity index is 0.00000120. The molecular weight excluding hydrogens is 339 g/mol. The van der Waals surface area contributed by atoms with E-state index in [1.165, 1.54) is 25.1 Å². The second-order valence-corrected chi connectivity index (χ2v) is 4.76. The Kier molecular flexibility index (Phi) is 4.04. The van der Waals surface area contributed by atoms with Gasteiger partial charge in [-0.15, -0.1) is 0 Å². The molecule has 3 rings (SSSR count). The van der Waals surface area contributed by atoms with E-state index >= 15 is 0 Å². The molecule has 2 aromatic rings. The van der Waals surface area contributed by atoms with Crippen LogP contribution in [0.15, 0.2) is 29.1 Å². The minimum absolute atomic E-state index is 0. The summed E-state index contributed by atoms with van der Waals surface area (Å²) in [6.07, 6.45) is 4.66. The minimum Gasteiger partial charge on any atom is -1.00 e. The summed E-state index contributed by atoms with van der Waals surface area (Å²) in [5.41, 5.74) is 1.22. The molecular formula is C14H17IN2O. The van der Waals surface area contributed by atoms with Crippen LogP contribution in [-0.4, -0.2) is 4.57 Å². The molecule has 18 heavy (non-hydrogen) atoms. The molecule has 0 atom stereocenters. The largest absolute Gasteiger partial charge is 1.00 e. The lowest BCUT2D eigenvalue weighted by Crippen LogP contribution is -3.00. The van der Waals surface area contributed by atoms with E-state index in [-0.39, 0.29) is 29.5 Å². The smallest absolute Gasteiger partial charge is 0.345 e. The molecule has 4 heteroatoms. The number of hydrogen-bond acceptors (Lipinski definition) is 1. The molecule has 0 bridgehead atoms. The second kappa shape index (κ2) is 5.38. The van der Waals surface area contributed by atoms with Crippen molar-refractivity contribution in [3.8, 4) is 0 Å². The molecule has 0 aliphatic carbocycles. The molecule has 0 saturated carbocycles. The van der Waals surface area contributed by atoms with Crippen molar-refractivity contribution in [2.75, 3.05) is 0 Å². The number of fused-ring (bicyclic) bond motifs is 3. The molecule has 0 unspecified atom stereocenters. The van der Waals surface area contributed by atoms with E-state index in [0.717, 1.165) is 23.9 Å².